The quantitative estimate of drug-likeness (QED) is 0.861. The summed E-state index contributed by atoms with van der Waals surface area (Å²) in [4.78, 5) is 25.4. The van der Waals surface area contributed by atoms with Gasteiger partial charge in [0.2, 0.25) is 0 Å². The molecule has 1 fully saturated rings. The number of amides is 1. The van der Waals surface area contributed by atoms with Crippen LogP contribution in [0.15, 0.2) is 48.5 Å². The lowest BCUT2D eigenvalue weighted by Crippen LogP contribution is -2.30. The predicted molar refractivity (Wildman–Crippen MR) is 95.1 cm³/mol. The third-order valence-electron chi connectivity index (χ3n) is 4.66. The number of nitrogens with zero attached hydrogens (tertiary/aromatic N) is 1. The van der Waals surface area contributed by atoms with Crippen molar-refractivity contribution in [1.82, 2.24) is 4.90 Å². The van der Waals surface area contributed by atoms with Crippen LogP contribution in [0, 0.1) is 11.8 Å². The molecule has 2 aromatic carbocycles. The Labute approximate surface area is 151 Å². The van der Waals surface area contributed by atoms with Gasteiger partial charge in [-0.3, -0.25) is 9.59 Å². The number of hydrogen-bond donors (Lipinski definition) is 2. The van der Waals surface area contributed by atoms with Crippen molar-refractivity contribution < 1.29 is 24.5 Å². The summed E-state index contributed by atoms with van der Waals surface area (Å²) < 4.78 is 5.71. The van der Waals surface area contributed by atoms with E-state index in [-0.39, 0.29) is 29.7 Å². The van der Waals surface area contributed by atoms with Gasteiger partial charge in [-0.2, -0.15) is 0 Å². The minimum absolute atomic E-state index is 0.119. The van der Waals surface area contributed by atoms with Crippen molar-refractivity contribution in [2.24, 2.45) is 11.8 Å². The number of carboxylic acid groups (broad SMARTS) is 1. The molecule has 6 nitrogen and oxygen atoms in total. The first-order valence-electron chi connectivity index (χ1n) is 8.47. The second-order valence-electron chi connectivity index (χ2n) is 6.59. The van der Waals surface area contributed by atoms with Crippen LogP contribution in [-0.4, -0.2) is 40.1 Å². The summed E-state index contributed by atoms with van der Waals surface area (Å²) in [5.74, 6) is -1.68. The molecule has 0 aliphatic carbocycles. The molecule has 2 N–H and O–H groups in total. The van der Waals surface area contributed by atoms with Crippen molar-refractivity contribution >= 4 is 11.9 Å². The van der Waals surface area contributed by atoms with E-state index in [1.807, 2.05) is 37.3 Å². The first-order valence-corrected chi connectivity index (χ1v) is 8.47. The molecule has 0 aromatic heterocycles. The Hall–Kier alpha value is -3.02. The maximum absolute atomic E-state index is 12.7. The SMILES string of the molecule is C[C@@H]1CN(C(=O)c2cc(OCc3ccccc3)ccc2O)C[C@H]1C(=O)O. The van der Waals surface area contributed by atoms with Crippen molar-refractivity contribution in [3.63, 3.8) is 0 Å². The summed E-state index contributed by atoms with van der Waals surface area (Å²) in [6.45, 7) is 2.65. The van der Waals surface area contributed by atoms with Gasteiger partial charge >= 0.3 is 5.97 Å². The molecule has 2 atom stereocenters. The van der Waals surface area contributed by atoms with Gasteiger partial charge in [-0.25, -0.2) is 0 Å². The van der Waals surface area contributed by atoms with Crippen LogP contribution in [0.4, 0.5) is 0 Å². The zero-order valence-electron chi connectivity index (χ0n) is 14.5. The highest BCUT2D eigenvalue weighted by molar-refractivity contribution is 5.97. The van der Waals surface area contributed by atoms with Gasteiger partial charge in [-0.05, 0) is 29.7 Å². The van der Waals surface area contributed by atoms with Crippen LogP contribution in [0.1, 0.15) is 22.8 Å². The second-order valence-corrected chi connectivity index (χ2v) is 6.59. The molecule has 0 saturated carbocycles. The van der Waals surface area contributed by atoms with Gasteiger partial charge in [-0.15, -0.1) is 0 Å². The van der Waals surface area contributed by atoms with E-state index in [0.717, 1.165) is 5.56 Å². The van der Waals surface area contributed by atoms with Crippen LogP contribution >= 0.6 is 0 Å². The number of phenolic OH excluding ortho intramolecular Hbond substituents is 1. The fourth-order valence-electron chi connectivity index (χ4n) is 3.14. The summed E-state index contributed by atoms with van der Waals surface area (Å²) in [6, 6.07) is 14.1. The number of rotatable bonds is 5. The summed E-state index contributed by atoms with van der Waals surface area (Å²) in [6.07, 6.45) is 0. The molecule has 0 bridgehead atoms. The highest BCUT2D eigenvalue weighted by atomic mass is 16.5. The third kappa shape index (κ3) is 3.79. The molecular weight excluding hydrogens is 334 g/mol. The number of hydrogen-bond acceptors (Lipinski definition) is 4. The molecule has 3 rings (SSSR count). The Morgan fingerprint density at radius 1 is 1.15 bits per heavy atom. The molecule has 2 aromatic rings. The number of ether oxygens (including phenoxy) is 1. The van der Waals surface area contributed by atoms with Gasteiger partial charge in [-0.1, -0.05) is 37.3 Å². The lowest BCUT2D eigenvalue weighted by atomic mass is 9.99. The fourth-order valence-corrected chi connectivity index (χ4v) is 3.14. The van der Waals surface area contributed by atoms with Crippen LogP contribution in [-0.2, 0) is 11.4 Å². The Morgan fingerprint density at radius 2 is 1.88 bits per heavy atom. The standard InChI is InChI=1S/C20H21NO5/c1-13-10-21(11-17(13)20(24)25)19(23)16-9-15(7-8-18(16)22)26-12-14-5-3-2-4-6-14/h2-9,13,17,22H,10-12H2,1H3,(H,24,25)/t13-,17-/m1/s1. The van der Waals surface area contributed by atoms with Crippen LogP contribution in [0.5, 0.6) is 11.5 Å². The maximum atomic E-state index is 12.7. The van der Waals surface area contributed by atoms with E-state index >= 15 is 0 Å². The number of likely N-dealkylation sites (tertiary alicyclic amines) is 1. The average Bonchev–Trinajstić information content (AvgIpc) is 3.03. The van der Waals surface area contributed by atoms with E-state index in [1.165, 1.54) is 17.0 Å². The molecule has 1 saturated heterocycles. The molecule has 26 heavy (non-hydrogen) atoms. The molecule has 0 spiro atoms. The maximum Gasteiger partial charge on any atom is 0.308 e. The van der Waals surface area contributed by atoms with E-state index in [2.05, 4.69) is 0 Å². The highest BCUT2D eigenvalue weighted by Crippen LogP contribution is 2.29. The minimum atomic E-state index is -0.906. The minimum Gasteiger partial charge on any atom is -0.507 e. The Balaban J connectivity index is 1.73. The molecule has 1 aliphatic heterocycles. The predicted octanol–water partition coefficient (Wildman–Crippen LogP) is 2.76. The van der Waals surface area contributed by atoms with Gasteiger partial charge in [0, 0.05) is 13.1 Å². The van der Waals surface area contributed by atoms with Gasteiger partial charge in [0.05, 0.1) is 11.5 Å². The number of phenols is 1. The van der Waals surface area contributed by atoms with Gasteiger partial charge in [0.25, 0.3) is 5.91 Å². The van der Waals surface area contributed by atoms with E-state index in [4.69, 9.17) is 4.74 Å². The largest absolute Gasteiger partial charge is 0.507 e. The normalized spacial score (nSPS) is 19.3. The van der Waals surface area contributed by atoms with Gasteiger partial charge in [0.15, 0.2) is 0 Å². The van der Waals surface area contributed by atoms with Crippen molar-refractivity contribution in [1.29, 1.82) is 0 Å². The van der Waals surface area contributed by atoms with E-state index in [1.54, 1.807) is 6.07 Å². The zero-order chi connectivity index (χ0) is 18.7. The van der Waals surface area contributed by atoms with Crippen LogP contribution < -0.4 is 4.74 Å². The number of carboxylic acids is 1. The zero-order valence-corrected chi connectivity index (χ0v) is 14.5. The molecule has 0 radical (unpaired) electrons. The molecule has 6 heteroatoms. The second kappa shape index (κ2) is 7.47. The first-order chi connectivity index (χ1) is 12.5. The lowest BCUT2D eigenvalue weighted by Gasteiger charge is -2.17. The third-order valence-corrected chi connectivity index (χ3v) is 4.66. The summed E-state index contributed by atoms with van der Waals surface area (Å²) in [5.41, 5.74) is 1.11. The monoisotopic (exact) mass is 355 g/mol. The molecule has 1 amide bonds. The van der Waals surface area contributed by atoms with Crippen LogP contribution in [0.2, 0.25) is 0 Å². The van der Waals surface area contributed by atoms with Crippen LogP contribution in [0.3, 0.4) is 0 Å². The summed E-state index contributed by atoms with van der Waals surface area (Å²) in [5, 5.41) is 19.3. The smallest absolute Gasteiger partial charge is 0.308 e. The Morgan fingerprint density at radius 3 is 2.54 bits per heavy atom. The van der Waals surface area contributed by atoms with Gasteiger partial charge in [0.1, 0.15) is 18.1 Å². The Kier molecular flexibility index (Phi) is 5.11. The lowest BCUT2D eigenvalue weighted by molar-refractivity contribution is -0.142. The molecule has 136 valence electrons. The topological polar surface area (TPSA) is 87.1 Å². The van der Waals surface area contributed by atoms with E-state index in [9.17, 15) is 19.8 Å². The fraction of sp³-hybridized carbons (Fsp3) is 0.300. The molecule has 1 aliphatic rings. The number of carbonyl (C=O) groups excluding carboxylic acids is 1. The van der Waals surface area contributed by atoms with Crippen molar-refractivity contribution in [3.05, 3.63) is 59.7 Å². The number of aromatic hydroxyl groups is 1. The van der Waals surface area contributed by atoms with Crippen molar-refractivity contribution in [3.8, 4) is 11.5 Å². The van der Waals surface area contributed by atoms with E-state index < -0.39 is 11.9 Å². The van der Waals surface area contributed by atoms with Gasteiger partial charge < -0.3 is 19.8 Å². The van der Waals surface area contributed by atoms with Crippen molar-refractivity contribution in [2.45, 2.75) is 13.5 Å². The highest BCUT2D eigenvalue weighted by Gasteiger charge is 2.37. The first kappa shape index (κ1) is 17.8. The number of aliphatic carboxylic acids is 1. The molecular formula is C20H21NO5. The van der Waals surface area contributed by atoms with Crippen molar-refractivity contribution in [2.75, 3.05) is 13.1 Å². The molecule has 1 heterocycles. The molecule has 0 unspecified atom stereocenters. The average molecular weight is 355 g/mol. The number of carbonyl (C=O) groups is 2. The number of benzene rings is 2. The Bertz CT molecular complexity index is 805. The summed E-state index contributed by atoms with van der Waals surface area (Å²) in [7, 11) is 0. The van der Waals surface area contributed by atoms with Crippen LogP contribution in [0.25, 0.3) is 0 Å². The summed E-state index contributed by atoms with van der Waals surface area (Å²) >= 11 is 0. The van der Waals surface area contributed by atoms with E-state index in [0.29, 0.717) is 18.9 Å².